The molecule has 18 nitrogen and oxygen atoms in total. The maximum absolute atomic E-state index is 4.26. The number of rotatable bonds is 58. The third-order valence-corrected chi connectivity index (χ3v) is 20.5. The van der Waals surface area contributed by atoms with E-state index in [1.54, 1.807) is 0 Å². The molecular formula is C94H182N18. The molecule has 6 heterocycles. The molecule has 112 heavy (non-hydrogen) atoms. The third kappa shape index (κ3) is 62.2. The first-order valence-corrected chi connectivity index (χ1v) is 46.8. The molecule has 0 aromatic carbocycles. The van der Waals surface area contributed by atoms with Crippen LogP contribution >= 0.6 is 0 Å². The van der Waals surface area contributed by atoms with Crippen LogP contribution in [0.3, 0.4) is 0 Å². The first kappa shape index (κ1) is 105. The summed E-state index contributed by atoms with van der Waals surface area (Å²) in [5, 5.41) is 49.8. The number of aromatic nitrogens is 18. The lowest BCUT2D eigenvalue weighted by atomic mass is 10.0. The minimum absolute atomic E-state index is 0.636. The van der Waals surface area contributed by atoms with Crippen molar-refractivity contribution in [2.24, 2.45) is 71.0 Å². The van der Waals surface area contributed by atoms with Gasteiger partial charge in [0.2, 0.25) is 0 Å². The maximum Gasteiger partial charge on any atom is 0.0827 e. The fourth-order valence-electron chi connectivity index (χ4n) is 13.5. The van der Waals surface area contributed by atoms with E-state index in [4.69, 9.17) is 0 Å². The predicted molar refractivity (Wildman–Crippen MR) is 477 cm³/mol. The molecule has 0 atom stereocenters. The highest BCUT2D eigenvalue weighted by Gasteiger charge is 2.12. The van der Waals surface area contributed by atoms with Crippen molar-refractivity contribution in [1.82, 2.24) is 90.0 Å². The maximum atomic E-state index is 4.26. The van der Waals surface area contributed by atoms with Crippen LogP contribution in [0.15, 0.2) is 37.2 Å². The molecule has 0 aliphatic carbocycles. The van der Waals surface area contributed by atoms with Crippen molar-refractivity contribution < 1.29 is 0 Å². The summed E-state index contributed by atoms with van der Waals surface area (Å²) in [6.07, 6.45) is 63.1. The largest absolute Gasteiger partial charge is 0.252 e. The Bertz CT molecular complexity index is 2870. The van der Waals surface area contributed by atoms with Crippen molar-refractivity contribution >= 4 is 0 Å². The Balaban J connectivity index is 0.000000673. The van der Waals surface area contributed by atoms with Crippen molar-refractivity contribution in [2.45, 2.75) is 462 Å². The zero-order chi connectivity index (χ0) is 83.1. The first-order valence-electron chi connectivity index (χ1n) is 46.8. The van der Waals surface area contributed by atoms with Crippen LogP contribution in [0.2, 0.25) is 0 Å². The quantitative estimate of drug-likeness (QED) is 0.0330. The molecule has 0 bridgehead atoms. The van der Waals surface area contributed by atoms with Crippen LogP contribution in [0, 0.1) is 71.0 Å². The minimum atomic E-state index is 0.636. The highest BCUT2D eigenvalue weighted by atomic mass is 15.4. The monoisotopic (exact) mass is 1560 g/mol. The Kier molecular flexibility index (Phi) is 63.6. The van der Waals surface area contributed by atoms with Crippen LogP contribution in [0.5, 0.6) is 0 Å². The molecule has 0 aliphatic rings. The lowest BCUT2D eigenvalue weighted by Gasteiger charge is -2.08. The van der Waals surface area contributed by atoms with Gasteiger partial charge in [0.25, 0.3) is 0 Å². The summed E-state index contributed by atoms with van der Waals surface area (Å²) < 4.78 is 12.4. The summed E-state index contributed by atoms with van der Waals surface area (Å²) in [7, 11) is 0. The third-order valence-electron chi connectivity index (χ3n) is 20.5. The number of nitrogens with zero attached hydrogens (tertiary/aromatic N) is 18. The predicted octanol–water partition coefficient (Wildman–Crippen LogP) is 26.1. The molecular weight excluding hydrogens is 1380 g/mol. The molecule has 0 amide bonds. The van der Waals surface area contributed by atoms with Gasteiger partial charge in [0.1, 0.15) is 0 Å². The molecule has 0 spiro atoms. The second-order valence-electron chi connectivity index (χ2n) is 38.3. The van der Waals surface area contributed by atoms with E-state index in [0.29, 0.717) is 11.8 Å². The molecule has 0 saturated heterocycles. The molecule has 6 rings (SSSR count). The van der Waals surface area contributed by atoms with Crippen molar-refractivity contribution in [1.29, 1.82) is 0 Å². The second kappa shape index (κ2) is 68.0. The van der Waals surface area contributed by atoms with E-state index in [0.717, 1.165) is 148 Å². The van der Waals surface area contributed by atoms with Gasteiger partial charge in [-0.2, -0.15) is 0 Å². The topological polar surface area (TPSA) is 184 Å². The first-order chi connectivity index (χ1) is 53.5. The van der Waals surface area contributed by atoms with Crippen molar-refractivity contribution in [3.8, 4) is 0 Å². The summed E-state index contributed by atoms with van der Waals surface area (Å²) >= 11 is 0. The summed E-state index contributed by atoms with van der Waals surface area (Å²) in [5.74, 6) is 9.44. The van der Waals surface area contributed by atoms with Gasteiger partial charge >= 0.3 is 0 Å². The molecule has 648 valence electrons. The lowest BCUT2D eigenvalue weighted by Crippen LogP contribution is -2.09. The van der Waals surface area contributed by atoms with Crippen molar-refractivity contribution in [2.75, 3.05) is 0 Å². The fraction of sp³-hybridized carbons (Fsp3) is 0.872. The number of aryl methyl sites for hydroxylation is 10. The Morgan fingerprint density at radius 3 is 0.786 bits per heavy atom. The second-order valence-corrected chi connectivity index (χ2v) is 38.3. The zero-order valence-electron chi connectivity index (χ0n) is 78.0. The molecule has 6 aromatic rings. The Hall–Kier alpha value is -5.16. The molecule has 0 radical (unpaired) electrons. The SMILES string of the molecule is CC(C)CCCCCCc1cnnn1CCCC(C)C.CC(C)CCCCCCn1cc(CCC(C)C)nn1.CC(C)CCCCCc1cnnn1CC(C)C.CC(C)CCCCCc1cnnn1CC(C)C.CC(C)CCCCCn1nncc1CCCCC(C)C.CC(C)CCCCc1cn(CCCCC(C)C)nn1. The molecule has 0 aliphatic heterocycles. The number of unbranched alkanes of at least 4 members (excludes halogenated alkanes) is 15. The van der Waals surface area contributed by atoms with E-state index < -0.39 is 0 Å². The molecule has 0 unspecified atom stereocenters. The molecule has 6 aromatic heterocycles. The van der Waals surface area contributed by atoms with Crippen LogP contribution in [0.4, 0.5) is 0 Å². The highest BCUT2D eigenvalue weighted by molar-refractivity contribution is 4.97. The van der Waals surface area contributed by atoms with Gasteiger partial charge in [0, 0.05) is 51.7 Å². The highest BCUT2D eigenvalue weighted by Crippen LogP contribution is 2.19. The average Bonchev–Trinajstić information content (AvgIpc) is 1.78. The fourth-order valence-corrected chi connectivity index (χ4v) is 13.5. The standard InChI is InChI=1S/2C17H33N3.2C16H31N3.2C14H27N3/c1-15(2)10-6-5-9-13-20-17(14-18-19-20)12-8-7-11-16(3)4;1-15(2)10-7-5-6-8-12-17-14-18-19-20(17)13-9-11-16(3)4;1-14(2)9-5-6-11-16-13-19(18-17-16)12-8-7-10-15(3)4;1-14(2)9-7-5-6-8-12-19-13-16(17-18-19)11-10-15(3)4;2*1-12(2)8-6-5-7-9-14-10-15-16-17(14)11-13(3)4/h2*14-16H,5-13H2,1-4H3;2*13-15H,5-12H2,1-4H3;2*10,12-13H,5-9,11H2,1-4H3. The van der Waals surface area contributed by atoms with Gasteiger partial charge in [-0.1, -0.05) is 345 Å². The Labute approximate surface area is 690 Å². The number of hydrogen-bond acceptors (Lipinski definition) is 12. The van der Waals surface area contributed by atoms with Crippen LogP contribution in [-0.2, 0) is 77.8 Å². The summed E-state index contributed by atoms with van der Waals surface area (Å²) in [6, 6.07) is 0. The van der Waals surface area contributed by atoms with Crippen molar-refractivity contribution in [3.05, 3.63) is 71.3 Å². The normalized spacial score (nSPS) is 11.7. The van der Waals surface area contributed by atoms with Gasteiger partial charge in [-0.3, -0.25) is 9.36 Å². The van der Waals surface area contributed by atoms with Crippen molar-refractivity contribution in [3.63, 3.8) is 0 Å². The van der Waals surface area contributed by atoms with Gasteiger partial charge in [-0.05, 0) is 180 Å². The van der Waals surface area contributed by atoms with Gasteiger partial charge in [-0.25, -0.2) is 18.7 Å². The Morgan fingerprint density at radius 2 is 0.438 bits per heavy atom. The van der Waals surface area contributed by atoms with Gasteiger partial charge in [-0.15, -0.1) is 30.6 Å². The number of hydrogen-bond donors (Lipinski definition) is 0. The van der Waals surface area contributed by atoms with E-state index in [1.165, 1.54) is 241 Å². The summed E-state index contributed by atoms with van der Waals surface area (Å²) in [5.41, 5.74) is 7.53. The molecule has 0 N–H and O–H groups in total. The Morgan fingerprint density at radius 1 is 0.205 bits per heavy atom. The van der Waals surface area contributed by atoms with Gasteiger partial charge in [0.15, 0.2) is 0 Å². The lowest BCUT2D eigenvalue weighted by molar-refractivity contribution is 0.453. The van der Waals surface area contributed by atoms with Crippen LogP contribution in [-0.4, -0.2) is 90.0 Å². The summed E-state index contributed by atoms with van der Waals surface area (Å²) in [6.45, 7) is 60.7. The average molecular weight is 1560 g/mol. The van der Waals surface area contributed by atoms with E-state index >= 15 is 0 Å². The smallest absolute Gasteiger partial charge is 0.0827 e. The molecule has 18 heteroatoms. The molecule has 0 saturated carbocycles. The van der Waals surface area contributed by atoms with E-state index in [9.17, 15) is 0 Å². The van der Waals surface area contributed by atoms with Gasteiger partial charge < -0.3 is 0 Å². The zero-order valence-corrected chi connectivity index (χ0v) is 78.0. The molecule has 0 fully saturated rings. The summed E-state index contributed by atoms with van der Waals surface area (Å²) in [4.78, 5) is 0. The van der Waals surface area contributed by atoms with Crippen LogP contribution in [0.25, 0.3) is 0 Å². The van der Waals surface area contributed by atoms with E-state index in [1.807, 2.05) is 34.2 Å². The van der Waals surface area contributed by atoms with E-state index in [2.05, 4.69) is 259 Å². The van der Waals surface area contributed by atoms with E-state index in [-0.39, 0.29) is 0 Å². The minimum Gasteiger partial charge on any atom is -0.252 e. The van der Waals surface area contributed by atoms with Crippen LogP contribution in [0.1, 0.15) is 419 Å². The van der Waals surface area contributed by atoms with Crippen LogP contribution < -0.4 is 0 Å². The van der Waals surface area contributed by atoms with Gasteiger partial charge in [0.05, 0.1) is 59.0 Å².